The maximum absolute atomic E-state index is 11.9. The van der Waals surface area contributed by atoms with Gasteiger partial charge in [0.25, 0.3) is 0 Å². The molecule has 0 radical (unpaired) electrons. The zero-order chi connectivity index (χ0) is 16.1. The molecule has 1 aliphatic heterocycles. The number of rotatable bonds is 3. The predicted octanol–water partition coefficient (Wildman–Crippen LogP) is 2.67. The number of carbonyl (C=O) groups is 2. The van der Waals surface area contributed by atoms with Crippen molar-refractivity contribution in [2.24, 2.45) is 5.73 Å². The second-order valence-corrected chi connectivity index (χ2v) is 6.02. The van der Waals surface area contributed by atoms with E-state index >= 15 is 0 Å². The molecule has 0 aliphatic carbocycles. The summed E-state index contributed by atoms with van der Waals surface area (Å²) in [6, 6.07) is 4.72. The number of carbonyl (C=O) groups excluding carboxylic acids is 2. The molecule has 1 aliphatic rings. The second-order valence-electron chi connectivity index (χ2n) is 5.14. The fraction of sp³-hybridized carbons (Fsp3) is 0.333. The number of likely N-dealkylation sites (tertiary alicyclic amines) is 1. The minimum atomic E-state index is -0.414. The van der Waals surface area contributed by atoms with Crippen LogP contribution in [0.4, 0.5) is 4.79 Å². The standard InChI is InChI=1S/C15H17Cl2N3O2/c16-11-7-10(8-12(17)9-11)1-2-14(21)19-13-3-5-20(6-4-13)15(18)22/h1-2,7-9,13H,3-6H2,(H2,18,22)(H,19,21)/b2-1+. The highest BCUT2D eigenvalue weighted by atomic mass is 35.5. The van der Waals surface area contributed by atoms with Gasteiger partial charge in [-0.05, 0) is 42.7 Å². The Hall–Kier alpha value is -1.72. The largest absolute Gasteiger partial charge is 0.351 e. The van der Waals surface area contributed by atoms with Crippen LogP contribution >= 0.6 is 23.2 Å². The minimum absolute atomic E-state index is 0.0516. The molecule has 3 N–H and O–H groups in total. The van der Waals surface area contributed by atoms with Gasteiger partial charge in [-0.2, -0.15) is 0 Å². The Morgan fingerprint density at radius 3 is 2.32 bits per heavy atom. The van der Waals surface area contributed by atoms with Gasteiger partial charge in [0.2, 0.25) is 5.91 Å². The van der Waals surface area contributed by atoms with Crippen LogP contribution in [0.2, 0.25) is 10.0 Å². The van der Waals surface area contributed by atoms with Crippen LogP contribution in [0.25, 0.3) is 6.08 Å². The van der Waals surface area contributed by atoms with Crippen LogP contribution in [-0.4, -0.2) is 36.0 Å². The van der Waals surface area contributed by atoms with Crippen LogP contribution in [0, 0.1) is 0 Å². The van der Waals surface area contributed by atoms with E-state index in [2.05, 4.69) is 5.32 Å². The highest BCUT2D eigenvalue weighted by Crippen LogP contribution is 2.19. The summed E-state index contributed by atoms with van der Waals surface area (Å²) in [4.78, 5) is 24.5. The molecule has 1 fully saturated rings. The molecule has 0 aromatic heterocycles. The van der Waals surface area contributed by atoms with Gasteiger partial charge < -0.3 is 16.0 Å². The van der Waals surface area contributed by atoms with E-state index in [0.29, 0.717) is 36.0 Å². The van der Waals surface area contributed by atoms with Crippen LogP contribution in [0.3, 0.4) is 0 Å². The van der Waals surface area contributed by atoms with Crippen molar-refractivity contribution >= 4 is 41.2 Å². The zero-order valence-electron chi connectivity index (χ0n) is 11.9. The fourth-order valence-corrected chi connectivity index (χ4v) is 2.88. The summed E-state index contributed by atoms with van der Waals surface area (Å²) < 4.78 is 0. The summed E-state index contributed by atoms with van der Waals surface area (Å²) in [6.07, 6.45) is 4.51. The average Bonchev–Trinajstić information content (AvgIpc) is 2.45. The first-order valence-corrected chi connectivity index (χ1v) is 7.68. The summed E-state index contributed by atoms with van der Waals surface area (Å²) in [7, 11) is 0. The molecule has 1 aromatic rings. The van der Waals surface area contributed by atoms with Gasteiger partial charge in [-0.25, -0.2) is 4.79 Å². The molecule has 5 nitrogen and oxygen atoms in total. The molecule has 0 atom stereocenters. The average molecular weight is 342 g/mol. The monoisotopic (exact) mass is 341 g/mol. The Balaban J connectivity index is 1.85. The molecule has 2 rings (SSSR count). The first-order valence-electron chi connectivity index (χ1n) is 6.93. The highest BCUT2D eigenvalue weighted by Gasteiger charge is 2.21. The third-order valence-electron chi connectivity index (χ3n) is 3.47. The number of piperidine rings is 1. The smallest absolute Gasteiger partial charge is 0.314 e. The van der Waals surface area contributed by atoms with Gasteiger partial charge in [0.05, 0.1) is 0 Å². The second kappa shape index (κ2) is 7.51. The summed E-state index contributed by atoms with van der Waals surface area (Å²) in [5.41, 5.74) is 5.98. The SMILES string of the molecule is NC(=O)N1CCC(NC(=O)/C=C/c2cc(Cl)cc(Cl)c2)CC1. The summed E-state index contributed by atoms with van der Waals surface area (Å²) in [6.45, 7) is 1.13. The van der Waals surface area contributed by atoms with E-state index in [1.807, 2.05) is 0 Å². The number of nitrogens with one attached hydrogen (secondary N) is 1. The molecule has 0 bridgehead atoms. The van der Waals surface area contributed by atoms with Crippen molar-refractivity contribution in [2.75, 3.05) is 13.1 Å². The number of benzene rings is 1. The quantitative estimate of drug-likeness (QED) is 0.829. The maximum atomic E-state index is 11.9. The normalized spacial score (nSPS) is 16.0. The van der Waals surface area contributed by atoms with E-state index in [4.69, 9.17) is 28.9 Å². The summed E-state index contributed by atoms with van der Waals surface area (Å²) >= 11 is 11.8. The van der Waals surface area contributed by atoms with Gasteiger partial charge in [0, 0.05) is 35.3 Å². The third-order valence-corrected chi connectivity index (χ3v) is 3.90. The summed E-state index contributed by atoms with van der Waals surface area (Å²) in [5, 5.41) is 3.95. The molecule has 0 unspecified atom stereocenters. The Labute approximate surface area is 139 Å². The molecule has 1 aromatic carbocycles. The number of urea groups is 1. The van der Waals surface area contributed by atoms with Crippen LogP contribution in [0.1, 0.15) is 18.4 Å². The molecule has 118 valence electrons. The van der Waals surface area contributed by atoms with Crippen molar-refractivity contribution in [3.8, 4) is 0 Å². The summed E-state index contributed by atoms with van der Waals surface area (Å²) in [5.74, 6) is -0.186. The van der Waals surface area contributed by atoms with Crippen molar-refractivity contribution in [3.05, 3.63) is 39.9 Å². The molecule has 22 heavy (non-hydrogen) atoms. The van der Waals surface area contributed by atoms with Gasteiger partial charge in [-0.3, -0.25) is 4.79 Å². The van der Waals surface area contributed by atoms with Gasteiger partial charge in [0.1, 0.15) is 0 Å². The topological polar surface area (TPSA) is 75.4 Å². The third kappa shape index (κ3) is 4.93. The molecular formula is C15H17Cl2N3O2. The Kier molecular flexibility index (Phi) is 5.69. The molecule has 0 spiro atoms. The maximum Gasteiger partial charge on any atom is 0.314 e. The highest BCUT2D eigenvalue weighted by molar-refractivity contribution is 6.34. The Bertz CT molecular complexity index is 576. The fourth-order valence-electron chi connectivity index (χ4n) is 2.34. The van der Waals surface area contributed by atoms with Gasteiger partial charge in [-0.1, -0.05) is 23.2 Å². The van der Waals surface area contributed by atoms with Crippen molar-refractivity contribution in [2.45, 2.75) is 18.9 Å². The van der Waals surface area contributed by atoms with Crippen molar-refractivity contribution in [1.29, 1.82) is 0 Å². The lowest BCUT2D eigenvalue weighted by molar-refractivity contribution is -0.117. The lowest BCUT2D eigenvalue weighted by atomic mass is 10.1. The van der Waals surface area contributed by atoms with Crippen LogP contribution < -0.4 is 11.1 Å². The minimum Gasteiger partial charge on any atom is -0.351 e. The van der Waals surface area contributed by atoms with Gasteiger partial charge in [-0.15, -0.1) is 0 Å². The Morgan fingerprint density at radius 2 is 1.77 bits per heavy atom. The number of nitrogens with zero attached hydrogens (tertiary/aromatic N) is 1. The van der Waals surface area contributed by atoms with Crippen molar-refractivity contribution < 1.29 is 9.59 Å². The number of hydrogen-bond acceptors (Lipinski definition) is 2. The van der Waals surface area contributed by atoms with E-state index in [9.17, 15) is 9.59 Å². The van der Waals surface area contributed by atoms with E-state index in [0.717, 1.165) is 5.56 Å². The van der Waals surface area contributed by atoms with Crippen LogP contribution in [0.15, 0.2) is 24.3 Å². The van der Waals surface area contributed by atoms with E-state index < -0.39 is 6.03 Å². The van der Waals surface area contributed by atoms with Gasteiger partial charge in [0.15, 0.2) is 0 Å². The number of hydrogen-bond donors (Lipinski definition) is 2. The molecule has 1 heterocycles. The van der Waals surface area contributed by atoms with Gasteiger partial charge >= 0.3 is 6.03 Å². The Morgan fingerprint density at radius 1 is 1.18 bits per heavy atom. The number of primary amides is 1. The lowest BCUT2D eigenvalue weighted by Crippen LogP contribution is -2.47. The van der Waals surface area contributed by atoms with E-state index in [1.54, 1.807) is 29.2 Å². The number of amides is 3. The lowest BCUT2D eigenvalue weighted by Gasteiger charge is -2.30. The zero-order valence-corrected chi connectivity index (χ0v) is 13.4. The molecule has 1 saturated heterocycles. The van der Waals surface area contributed by atoms with Crippen molar-refractivity contribution in [1.82, 2.24) is 10.2 Å². The van der Waals surface area contributed by atoms with E-state index in [1.165, 1.54) is 6.08 Å². The number of nitrogens with two attached hydrogens (primary N) is 1. The molecule has 7 heteroatoms. The van der Waals surface area contributed by atoms with Crippen LogP contribution in [0.5, 0.6) is 0 Å². The van der Waals surface area contributed by atoms with Crippen molar-refractivity contribution in [3.63, 3.8) is 0 Å². The number of halogens is 2. The van der Waals surface area contributed by atoms with Crippen LogP contribution in [-0.2, 0) is 4.79 Å². The first-order chi connectivity index (χ1) is 10.4. The molecular weight excluding hydrogens is 325 g/mol. The molecule has 0 saturated carbocycles. The first kappa shape index (κ1) is 16.6. The molecule has 3 amide bonds. The van der Waals surface area contributed by atoms with E-state index in [-0.39, 0.29) is 11.9 Å². The predicted molar refractivity (Wildman–Crippen MR) is 87.8 cm³/mol.